The highest BCUT2D eigenvalue weighted by Crippen LogP contribution is 2.28. The van der Waals surface area contributed by atoms with Gasteiger partial charge in [0.15, 0.2) is 0 Å². The Labute approximate surface area is 157 Å². The van der Waals surface area contributed by atoms with Crippen molar-refractivity contribution >= 4 is 33.9 Å². The number of nitrogens with one attached hydrogen (secondary N) is 1. The van der Waals surface area contributed by atoms with Crippen LogP contribution in [-0.4, -0.2) is 54.6 Å². The van der Waals surface area contributed by atoms with Gasteiger partial charge in [0.25, 0.3) is 0 Å². The van der Waals surface area contributed by atoms with Crippen LogP contribution in [0.25, 0.3) is 0 Å². The molecule has 2 aromatic rings. The second-order valence-corrected chi connectivity index (χ2v) is 7.40. The molecule has 3 rings (SSSR count). The number of carboxylic acid groups (broad SMARTS) is 1. The van der Waals surface area contributed by atoms with Crippen LogP contribution < -0.4 is 10.2 Å². The van der Waals surface area contributed by atoms with E-state index < -0.39 is 5.97 Å². The maximum Gasteiger partial charge on any atom is 0.338 e. The maximum atomic E-state index is 12.4. The standard InChI is InChI=1S/C19H23N3O3S/c1-2-15-12-16(19(24)25)18(26-15)20-17(23)13-21-8-10-22(11-9-21)14-6-4-3-5-7-14/h3-7,12H,2,8-11,13H2,1H3,(H,20,23)(H,24,25). The Morgan fingerprint density at radius 3 is 2.46 bits per heavy atom. The summed E-state index contributed by atoms with van der Waals surface area (Å²) in [4.78, 5) is 29.0. The molecule has 0 bridgehead atoms. The van der Waals surface area contributed by atoms with Crippen LogP contribution in [0.1, 0.15) is 22.2 Å². The highest BCUT2D eigenvalue weighted by atomic mass is 32.1. The van der Waals surface area contributed by atoms with Gasteiger partial charge in [-0.2, -0.15) is 0 Å². The first-order chi connectivity index (χ1) is 12.6. The average Bonchev–Trinajstić information content (AvgIpc) is 3.06. The zero-order valence-corrected chi connectivity index (χ0v) is 15.6. The minimum atomic E-state index is -1.01. The second-order valence-electron chi connectivity index (χ2n) is 6.26. The lowest BCUT2D eigenvalue weighted by molar-refractivity contribution is -0.117. The van der Waals surface area contributed by atoms with Gasteiger partial charge in [-0.05, 0) is 24.6 Å². The predicted octanol–water partition coefficient (Wildman–Crippen LogP) is 2.77. The molecule has 1 fully saturated rings. The molecule has 138 valence electrons. The lowest BCUT2D eigenvalue weighted by Crippen LogP contribution is -2.48. The number of hydrogen-bond acceptors (Lipinski definition) is 5. The molecule has 7 heteroatoms. The Hall–Kier alpha value is -2.38. The highest BCUT2D eigenvalue weighted by Gasteiger charge is 2.21. The third kappa shape index (κ3) is 4.42. The Bertz CT molecular complexity index is 768. The Balaban J connectivity index is 1.53. The van der Waals surface area contributed by atoms with Gasteiger partial charge in [-0.1, -0.05) is 25.1 Å². The number of aryl methyl sites for hydroxylation is 1. The van der Waals surface area contributed by atoms with E-state index in [9.17, 15) is 14.7 Å². The molecule has 1 amide bonds. The Kier molecular flexibility index (Phi) is 5.90. The first-order valence-corrected chi connectivity index (χ1v) is 9.56. The van der Waals surface area contributed by atoms with Gasteiger partial charge in [0.1, 0.15) is 5.00 Å². The van der Waals surface area contributed by atoms with Crippen LogP contribution in [0.5, 0.6) is 0 Å². The first kappa shape index (κ1) is 18.4. The number of carbonyl (C=O) groups excluding carboxylic acids is 1. The number of carboxylic acids is 1. The van der Waals surface area contributed by atoms with Crippen molar-refractivity contribution in [2.24, 2.45) is 0 Å². The third-order valence-electron chi connectivity index (χ3n) is 4.48. The van der Waals surface area contributed by atoms with Crippen LogP contribution in [0, 0.1) is 0 Å². The number of benzene rings is 1. The SMILES string of the molecule is CCc1cc(C(=O)O)c(NC(=O)CN2CCN(c3ccccc3)CC2)s1. The summed E-state index contributed by atoms with van der Waals surface area (Å²) in [6, 6.07) is 11.9. The van der Waals surface area contributed by atoms with Gasteiger partial charge in [-0.25, -0.2) is 4.79 Å². The smallest absolute Gasteiger partial charge is 0.338 e. The van der Waals surface area contributed by atoms with E-state index >= 15 is 0 Å². The Morgan fingerprint density at radius 1 is 1.15 bits per heavy atom. The first-order valence-electron chi connectivity index (χ1n) is 8.75. The molecule has 2 N–H and O–H groups in total. The molecule has 0 atom stereocenters. The molecule has 1 aliphatic heterocycles. The van der Waals surface area contributed by atoms with E-state index in [0.29, 0.717) is 5.00 Å². The van der Waals surface area contributed by atoms with Gasteiger partial charge in [0.2, 0.25) is 5.91 Å². The zero-order valence-electron chi connectivity index (χ0n) is 14.8. The molecule has 1 aromatic heterocycles. The van der Waals surface area contributed by atoms with Crippen LogP contribution >= 0.6 is 11.3 Å². The molecule has 2 heterocycles. The number of para-hydroxylation sites is 1. The normalized spacial score (nSPS) is 15.0. The fourth-order valence-electron chi connectivity index (χ4n) is 3.04. The number of hydrogen-bond donors (Lipinski definition) is 2. The molecular formula is C19H23N3O3S. The molecular weight excluding hydrogens is 350 g/mol. The van der Waals surface area contributed by atoms with E-state index in [1.54, 1.807) is 6.07 Å². The van der Waals surface area contributed by atoms with Crippen molar-refractivity contribution in [3.63, 3.8) is 0 Å². The van der Waals surface area contributed by atoms with Crippen LogP contribution in [0.3, 0.4) is 0 Å². The summed E-state index contributed by atoms with van der Waals surface area (Å²) in [7, 11) is 0. The predicted molar refractivity (Wildman–Crippen MR) is 104 cm³/mol. The molecule has 0 spiro atoms. The number of rotatable bonds is 6. The van der Waals surface area contributed by atoms with Gasteiger partial charge in [0.05, 0.1) is 12.1 Å². The van der Waals surface area contributed by atoms with Gasteiger partial charge in [0, 0.05) is 36.7 Å². The fraction of sp³-hybridized carbons (Fsp3) is 0.368. The summed E-state index contributed by atoms with van der Waals surface area (Å²) in [5.74, 6) is -1.17. The molecule has 6 nitrogen and oxygen atoms in total. The van der Waals surface area contributed by atoms with E-state index in [4.69, 9.17) is 0 Å². The average molecular weight is 373 g/mol. The van der Waals surface area contributed by atoms with Crippen molar-refractivity contribution in [2.45, 2.75) is 13.3 Å². The molecule has 0 aliphatic carbocycles. The largest absolute Gasteiger partial charge is 0.478 e. The number of amides is 1. The van der Waals surface area contributed by atoms with Crippen molar-refractivity contribution in [1.82, 2.24) is 4.90 Å². The molecule has 0 unspecified atom stereocenters. The van der Waals surface area contributed by atoms with Gasteiger partial charge in [-0.15, -0.1) is 11.3 Å². The van der Waals surface area contributed by atoms with Gasteiger partial charge >= 0.3 is 5.97 Å². The van der Waals surface area contributed by atoms with Crippen molar-refractivity contribution in [3.05, 3.63) is 46.8 Å². The van der Waals surface area contributed by atoms with Gasteiger partial charge < -0.3 is 15.3 Å². The van der Waals surface area contributed by atoms with Gasteiger partial charge in [-0.3, -0.25) is 9.69 Å². The topological polar surface area (TPSA) is 72.9 Å². The minimum absolute atomic E-state index is 0.162. The van der Waals surface area contributed by atoms with Crippen LogP contribution in [0.15, 0.2) is 36.4 Å². The summed E-state index contributed by atoms with van der Waals surface area (Å²) in [6.07, 6.45) is 0.752. The maximum absolute atomic E-state index is 12.4. The number of nitrogens with zero attached hydrogens (tertiary/aromatic N) is 2. The molecule has 1 aliphatic rings. The quantitative estimate of drug-likeness (QED) is 0.815. The second kappa shape index (κ2) is 8.33. The number of thiophene rings is 1. The van der Waals surface area contributed by atoms with Crippen LogP contribution in [-0.2, 0) is 11.2 Å². The summed E-state index contributed by atoms with van der Waals surface area (Å²) in [6.45, 7) is 5.60. The van der Waals surface area contributed by atoms with Crippen molar-refractivity contribution in [2.75, 3.05) is 42.9 Å². The lowest BCUT2D eigenvalue weighted by Gasteiger charge is -2.35. The number of anilines is 2. The van der Waals surface area contributed by atoms with E-state index in [-0.39, 0.29) is 18.0 Å². The number of piperazine rings is 1. The third-order valence-corrected chi connectivity index (χ3v) is 5.67. The van der Waals surface area contributed by atoms with E-state index in [1.807, 2.05) is 25.1 Å². The summed E-state index contributed by atoms with van der Waals surface area (Å²) >= 11 is 1.34. The zero-order chi connectivity index (χ0) is 18.5. The molecule has 0 radical (unpaired) electrons. The molecule has 1 saturated heterocycles. The number of aromatic carboxylic acids is 1. The minimum Gasteiger partial charge on any atom is -0.478 e. The van der Waals surface area contributed by atoms with Crippen LogP contribution in [0.2, 0.25) is 0 Å². The highest BCUT2D eigenvalue weighted by molar-refractivity contribution is 7.16. The Morgan fingerprint density at radius 2 is 1.85 bits per heavy atom. The summed E-state index contributed by atoms with van der Waals surface area (Å²) in [5, 5.41) is 12.5. The number of carbonyl (C=O) groups is 2. The molecule has 26 heavy (non-hydrogen) atoms. The van der Waals surface area contributed by atoms with Crippen molar-refractivity contribution in [3.8, 4) is 0 Å². The monoisotopic (exact) mass is 373 g/mol. The van der Waals surface area contributed by atoms with E-state index in [2.05, 4.69) is 27.2 Å². The van der Waals surface area contributed by atoms with Crippen molar-refractivity contribution in [1.29, 1.82) is 0 Å². The fourth-order valence-corrected chi connectivity index (χ4v) is 4.04. The van der Waals surface area contributed by atoms with Crippen LogP contribution in [0.4, 0.5) is 10.7 Å². The summed E-state index contributed by atoms with van der Waals surface area (Å²) in [5.41, 5.74) is 1.38. The summed E-state index contributed by atoms with van der Waals surface area (Å²) < 4.78 is 0. The van der Waals surface area contributed by atoms with Crippen molar-refractivity contribution < 1.29 is 14.7 Å². The van der Waals surface area contributed by atoms with E-state index in [0.717, 1.165) is 37.5 Å². The molecule has 0 saturated carbocycles. The molecule has 1 aromatic carbocycles. The lowest BCUT2D eigenvalue weighted by atomic mass is 10.2. The van der Waals surface area contributed by atoms with E-state index in [1.165, 1.54) is 17.0 Å².